The van der Waals surface area contributed by atoms with Gasteiger partial charge >= 0.3 is 0 Å². The van der Waals surface area contributed by atoms with Gasteiger partial charge in [-0.25, -0.2) is 0 Å². The monoisotopic (exact) mass is 705 g/mol. The van der Waals surface area contributed by atoms with Crippen molar-refractivity contribution < 1.29 is 0 Å². The molecule has 2 heteroatoms. The molecule has 1 aromatic heterocycles. The molecule has 254 valence electrons. The topological polar surface area (TPSA) is 3.24 Å². The van der Waals surface area contributed by atoms with Crippen molar-refractivity contribution in [2.45, 2.75) is 0 Å². The van der Waals surface area contributed by atoms with Gasteiger partial charge in [0.1, 0.15) is 0 Å². The minimum atomic E-state index is 1.11. The Morgan fingerprint density at radius 1 is 0.315 bits per heavy atom. The zero-order valence-electron chi connectivity index (χ0n) is 29.6. The summed E-state index contributed by atoms with van der Waals surface area (Å²) in [5.74, 6) is 0. The van der Waals surface area contributed by atoms with E-state index in [4.69, 9.17) is 0 Å². The molecule has 0 bridgehead atoms. The van der Waals surface area contributed by atoms with E-state index in [1.165, 1.54) is 75.5 Å². The maximum absolute atomic E-state index is 2.38. The van der Waals surface area contributed by atoms with E-state index < -0.39 is 0 Å². The van der Waals surface area contributed by atoms with Gasteiger partial charge in [0.25, 0.3) is 0 Å². The van der Waals surface area contributed by atoms with E-state index in [9.17, 15) is 0 Å². The van der Waals surface area contributed by atoms with E-state index in [1.54, 1.807) is 0 Å². The number of benzene rings is 9. The van der Waals surface area contributed by atoms with Crippen LogP contribution in [0.2, 0.25) is 0 Å². The van der Waals surface area contributed by atoms with Crippen molar-refractivity contribution in [3.63, 3.8) is 0 Å². The van der Waals surface area contributed by atoms with Gasteiger partial charge in [-0.05, 0) is 92.2 Å². The predicted molar refractivity (Wildman–Crippen MR) is 233 cm³/mol. The summed E-state index contributed by atoms with van der Waals surface area (Å²) < 4.78 is 2.68. The lowest BCUT2D eigenvalue weighted by atomic mass is 9.99. The molecule has 1 heterocycles. The van der Waals surface area contributed by atoms with Gasteiger partial charge in [-0.3, -0.25) is 0 Å². The summed E-state index contributed by atoms with van der Waals surface area (Å²) in [6, 6.07) is 77.0. The van der Waals surface area contributed by atoms with Gasteiger partial charge in [-0.2, -0.15) is 0 Å². The summed E-state index contributed by atoms with van der Waals surface area (Å²) in [5.41, 5.74) is 13.0. The molecule has 0 unspecified atom stereocenters. The number of nitrogens with zero attached hydrogens (tertiary/aromatic N) is 1. The Hall–Kier alpha value is -6.74. The molecule has 0 saturated heterocycles. The van der Waals surface area contributed by atoms with Crippen LogP contribution in [0.25, 0.3) is 75.5 Å². The Labute approximate surface area is 319 Å². The van der Waals surface area contributed by atoms with E-state index in [0.717, 1.165) is 17.1 Å². The van der Waals surface area contributed by atoms with E-state index in [2.05, 4.69) is 217 Å². The Kier molecular flexibility index (Phi) is 8.09. The van der Waals surface area contributed by atoms with E-state index in [0.29, 0.717) is 0 Å². The molecule has 0 aliphatic carbocycles. The zero-order valence-corrected chi connectivity index (χ0v) is 30.4. The molecule has 10 aromatic rings. The second-order valence-corrected chi connectivity index (χ2v) is 14.8. The maximum Gasteiger partial charge on any atom is 0.0540 e. The number of rotatable bonds is 7. The van der Waals surface area contributed by atoms with Crippen molar-refractivity contribution in [3.8, 4) is 44.5 Å². The summed E-state index contributed by atoms with van der Waals surface area (Å²) >= 11 is 1.89. The molecule has 9 aromatic carbocycles. The SMILES string of the molecule is c1ccc(-c2ccc(-c3ccc(N(c4ccc(-c5ccc6sc7c8ccccc8ccc7c6c5)cc4)c4ccccc4-c4ccccc4)cc3)cc2)cc1. The van der Waals surface area contributed by atoms with Crippen LogP contribution in [0.5, 0.6) is 0 Å². The molecule has 0 aliphatic heterocycles. The van der Waals surface area contributed by atoms with Crippen molar-refractivity contribution in [2.75, 3.05) is 4.90 Å². The van der Waals surface area contributed by atoms with Crippen molar-refractivity contribution in [1.29, 1.82) is 0 Å². The molecule has 0 fully saturated rings. The highest BCUT2D eigenvalue weighted by Crippen LogP contribution is 2.43. The largest absolute Gasteiger partial charge is 0.310 e. The maximum atomic E-state index is 2.38. The van der Waals surface area contributed by atoms with Gasteiger partial charge in [0.05, 0.1) is 5.69 Å². The number of hydrogen-bond acceptors (Lipinski definition) is 2. The molecule has 0 aliphatic rings. The summed E-state index contributed by atoms with van der Waals surface area (Å²) in [5, 5.41) is 5.26. The quantitative estimate of drug-likeness (QED) is 0.160. The molecule has 0 spiro atoms. The normalized spacial score (nSPS) is 11.3. The molecule has 0 amide bonds. The third-order valence-electron chi connectivity index (χ3n) is 10.5. The van der Waals surface area contributed by atoms with Gasteiger partial charge in [0.15, 0.2) is 0 Å². The fourth-order valence-corrected chi connectivity index (χ4v) is 8.95. The summed E-state index contributed by atoms with van der Waals surface area (Å²) in [7, 11) is 0. The molecule has 0 radical (unpaired) electrons. The molecule has 10 rings (SSSR count). The Morgan fingerprint density at radius 2 is 0.815 bits per heavy atom. The van der Waals surface area contributed by atoms with Crippen LogP contribution in [-0.2, 0) is 0 Å². The Morgan fingerprint density at radius 3 is 1.48 bits per heavy atom. The van der Waals surface area contributed by atoms with Crippen molar-refractivity contribution in [3.05, 3.63) is 212 Å². The van der Waals surface area contributed by atoms with Gasteiger partial charge in [-0.1, -0.05) is 170 Å². The molecule has 54 heavy (non-hydrogen) atoms. The Balaban J connectivity index is 1.03. The van der Waals surface area contributed by atoms with Crippen molar-refractivity contribution >= 4 is 59.3 Å². The molecule has 1 nitrogen and oxygen atoms in total. The van der Waals surface area contributed by atoms with Crippen molar-refractivity contribution in [2.24, 2.45) is 0 Å². The first-order valence-electron chi connectivity index (χ1n) is 18.4. The smallest absolute Gasteiger partial charge is 0.0540 e. The average Bonchev–Trinajstić information content (AvgIpc) is 3.64. The third-order valence-corrected chi connectivity index (χ3v) is 11.7. The number of anilines is 3. The van der Waals surface area contributed by atoms with E-state index in [-0.39, 0.29) is 0 Å². The van der Waals surface area contributed by atoms with Gasteiger partial charge in [-0.15, -0.1) is 11.3 Å². The fourth-order valence-electron chi connectivity index (χ4n) is 7.73. The molecule has 0 saturated carbocycles. The second kappa shape index (κ2) is 13.7. The molecular weight excluding hydrogens is 671 g/mol. The minimum absolute atomic E-state index is 1.11. The van der Waals surface area contributed by atoms with Crippen LogP contribution in [-0.4, -0.2) is 0 Å². The summed E-state index contributed by atoms with van der Waals surface area (Å²) in [4.78, 5) is 2.38. The summed E-state index contributed by atoms with van der Waals surface area (Å²) in [6.45, 7) is 0. The average molecular weight is 706 g/mol. The van der Waals surface area contributed by atoms with Crippen LogP contribution in [0.15, 0.2) is 212 Å². The van der Waals surface area contributed by atoms with Crippen LogP contribution >= 0.6 is 11.3 Å². The number of para-hydroxylation sites is 1. The van der Waals surface area contributed by atoms with Gasteiger partial charge in [0, 0.05) is 37.1 Å². The van der Waals surface area contributed by atoms with Crippen LogP contribution < -0.4 is 4.90 Å². The first kappa shape index (κ1) is 32.0. The molecular formula is C52H35NS. The number of fused-ring (bicyclic) bond motifs is 5. The summed E-state index contributed by atoms with van der Waals surface area (Å²) in [6.07, 6.45) is 0. The number of hydrogen-bond donors (Lipinski definition) is 0. The zero-order chi connectivity index (χ0) is 35.8. The highest BCUT2D eigenvalue weighted by Gasteiger charge is 2.18. The highest BCUT2D eigenvalue weighted by atomic mass is 32.1. The fraction of sp³-hybridized carbons (Fsp3) is 0. The van der Waals surface area contributed by atoms with Crippen molar-refractivity contribution in [1.82, 2.24) is 0 Å². The highest BCUT2D eigenvalue weighted by molar-refractivity contribution is 7.26. The lowest BCUT2D eigenvalue weighted by Crippen LogP contribution is -2.11. The molecule has 0 atom stereocenters. The van der Waals surface area contributed by atoms with Crippen LogP contribution in [0, 0.1) is 0 Å². The number of thiophene rings is 1. The molecule has 0 N–H and O–H groups in total. The lowest BCUT2D eigenvalue weighted by Gasteiger charge is -2.28. The predicted octanol–water partition coefficient (Wildman–Crippen LogP) is 15.3. The minimum Gasteiger partial charge on any atom is -0.310 e. The third kappa shape index (κ3) is 5.84. The van der Waals surface area contributed by atoms with E-state index in [1.807, 2.05) is 11.3 Å². The standard InChI is InChI=1S/C52H35NS/c1-3-11-36(12-4-1)37-19-21-38(22-20-37)39-23-29-44(30-24-39)53(50-18-10-9-16-46(50)41-13-5-2-6-14-41)45-31-25-40(26-32-45)43-28-34-51-49(35-43)48-33-27-42-15-7-8-17-47(42)52(48)54-51/h1-35H. The van der Waals surface area contributed by atoms with Gasteiger partial charge < -0.3 is 4.90 Å². The first-order valence-corrected chi connectivity index (χ1v) is 19.2. The second-order valence-electron chi connectivity index (χ2n) is 13.7. The Bertz CT molecular complexity index is 2890. The van der Waals surface area contributed by atoms with E-state index >= 15 is 0 Å². The van der Waals surface area contributed by atoms with Gasteiger partial charge in [0.2, 0.25) is 0 Å². The van der Waals surface area contributed by atoms with Crippen LogP contribution in [0.1, 0.15) is 0 Å². The van der Waals surface area contributed by atoms with Crippen LogP contribution in [0.3, 0.4) is 0 Å². The first-order chi connectivity index (χ1) is 26.8. The lowest BCUT2D eigenvalue weighted by molar-refractivity contribution is 1.28. The van der Waals surface area contributed by atoms with Crippen LogP contribution in [0.4, 0.5) is 17.1 Å².